The summed E-state index contributed by atoms with van der Waals surface area (Å²) in [4.78, 5) is 8.36. The van der Waals surface area contributed by atoms with Crippen LogP contribution >= 0.6 is 0 Å². The van der Waals surface area contributed by atoms with Crippen LogP contribution in [0, 0.1) is 0 Å². The number of fused-ring (bicyclic) bond motifs is 1. The maximum Gasteiger partial charge on any atom is 0.161 e. The molecule has 6 nitrogen and oxygen atoms in total. The standard InChI is InChI=1S/C16H16N4O2/c1-21-14-6-4-11(8-15(14)22-2)10-3-5-13-12(7-10)16(20-17)19-9-18-13/h3-9H,17H2,1-2H3,(H,18,19,20). The van der Waals surface area contributed by atoms with Crippen LogP contribution in [0.4, 0.5) is 5.82 Å². The number of nitrogens with zero attached hydrogens (tertiary/aromatic N) is 2. The van der Waals surface area contributed by atoms with Crippen LogP contribution in [0.2, 0.25) is 0 Å². The Kier molecular flexibility index (Phi) is 3.76. The number of anilines is 1. The van der Waals surface area contributed by atoms with E-state index in [1.165, 1.54) is 6.33 Å². The van der Waals surface area contributed by atoms with E-state index in [-0.39, 0.29) is 0 Å². The lowest BCUT2D eigenvalue weighted by atomic mass is 10.0. The molecule has 3 rings (SSSR count). The number of nitrogen functional groups attached to an aromatic ring is 1. The van der Waals surface area contributed by atoms with Gasteiger partial charge in [0.2, 0.25) is 0 Å². The van der Waals surface area contributed by atoms with Crippen LogP contribution in [0.5, 0.6) is 11.5 Å². The van der Waals surface area contributed by atoms with Crippen LogP contribution in [0.3, 0.4) is 0 Å². The SMILES string of the molecule is COc1ccc(-c2ccc3ncnc(NN)c3c2)cc1OC. The lowest BCUT2D eigenvalue weighted by Gasteiger charge is -2.11. The third-order valence-corrected chi connectivity index (χ3v) is 3.49. The number of hydrazine groups is 1. The Bertz CT molecular complexity index is 820. The van der Waals surface area contributed by atoms with Crippen molar-refractivity contribution < 1.29 is 9.47 Å². The number of methoxy groups -OCH3 is 2. The molecular weight excluding hydrogens is 280 g/mol. The van der Waals surface area contributed by atoms with E-state index >= 15 is 0 Å². The van der Waals surface area contributed by atoms with Crippen LogP contribution in [-0.4, -0.2) is 24.2 Å². The molecule has 0 aliphatic carbocycles. The number of ether oxygens (including phenoxy) is 2. The summed E-state index contributed by atoms with van der Waals surface area (Å²) in [6.45, 7) is 0. The molecule has 0 atom stereocenters. The van der Waals surface area contributed by atoms with Crippen molar-refractivity contribution in [3.63, 3.8) is 0 Å². The predicted octanol–water partition coefficient (Wildman–Crippen LogP) is 2.60. The van der Waals surface area contributed by atoms with Gasteiger partial charge in [0.15, 0.2) is 17.3 Å². The van der Waals surface area contributed by atoms with E-state index in [2.05, 4.69) is 15.4 Å². The van der Waals surface area contributed by atoms with Crippen molar-refractivity contribution in [1.82, 2.24) is 9.97 Å². The average Bonchev–Trinajstić information content (AvgIpc) is 2.60. The Morgan fingerprint density at radius 3 is 2.36 bits per heavy atom. The molecule has 22 heavy (non-hydrogen) atoms. The van der Waals surface area contributed by atoms with Gasteiger partial charge in [-0.05, 0) is 35.4 Å². The summed E-state index contributed by atoms with van der Waals surface area (Å²) in [6.07, 6.45) is 1.48. The fraction of sp³-hybridized carbons (Fsp3) is 0.125. The number of hydrogen-bond acceptors (Lipinski definition) is 6. The molecular formula is C16H16N4O2. The predicted molar refractivity (Wildman–Crippen MR) is 85.9 cm³/mol. The highest BCUT2D eigenvalue weighted by molar-refractivity contribution is 5.92. The van der Waals surface area contributed by atoms with Crippen molar-refractivity contribution in [1.29, 1.82) is 0 Å². The van der Waals surface area contributed by atoms with E-state index in [1.807, 2.05) is 36.4 Å². The lowest BCUT2D eigenvalue weighted by Crippen LogP contribution is -2.09. The Hall–Kier alpha value is -2.86. The van der Waals surface area contributed by atoms with Crippen molar-refractivity contribution in [3.05, 3.63) is 42.7 Å². The van der Waals surface area contributed by atoms with Gasteiger partial charge in [0.05, 0.1) is 19.7 Å². The molecule has 0 fully saturated rings. The van der Waals surface area contributed by atoms with Crippen LogP contribution < -0.4 is 20.7 Å². The number of hydrogen-bond donors (Lipinski definition) is 2. The van der Waals surface area contributed by atoms with E-state index in [0.29, 0.717) is 17.3 Å². The zero-order chi connectivity index (χ0) is 15.5. The van der Waals surface area contributed by atoms with Crippen molar-refractivity contribution in [3.8, 4) is 22.6 Å². The highest BCUT2D eigenvalue weighted by atomic mass is 16.5. The molecule has 1 heterocycles. The van der Waals surface area contributed by atoms with Crippen molar-refractivity contribution >= 4 is 16.7 Å². The molecule has 112 valence electrons. The summed E-state index contributed by atoms with van der Waals surface area (Å²) >= 11 is 0. The fourth-order valence-electron chi connectivity index (χ4n) is 2.37. The number of aromatic nitrogens is 2. The molecule has 0 amide bonds. The zero-order valence-corrected chi connectivity index (χ0v) is 12.3. The molecule has 0 saturated carbocycles. The molecule has 0 radical (unpaired) electrons. The van der Waals surface area contributed by atoms with Crippen LogP contribution in [0.1, 0.15) is 0 Å². The van der Waals surface area contributed by atoms with E-state index in [1.54, 1.807) is 14.2 Å². The van der Waals surface area contributed by atoms with Gasteiger partial charge < -0.3 is 14.9 Å². The minimum absolute atomic E-state index is 0.590. The van der Waals surface area contributed by atoms with Gasteiger partial charge in [-0.15, -0.1) is 0 Å². The highest BCUT2D eigenvalue weighted by Gasteiger charge is 2.08. The van der Waals surface area contributed by atoms with E-state index in [9.17, 15) is 0 Å². The third kappa shape index (κ3) is 2.40. The second kappa shape index (κ2) is 5.87. The Labute approximate surface area is 127 Å². The topological polar surface area (TPSA) is 82.3 Å². The summed E-state index contributed by atoms with van der Waals surface area (Å²) in [5.41, 5.74) is 5.44. The molecule has 0 bridgehead atoms. The molecule has 0 aliphatic rings. The average molecular weight is 296 g/mol. The first-order chi connectivity index (χ1) is 10.8. The monoisotopic (exact) mass is 296 g/mol. The highest BCUT2D eigenvalue weighted by Crippen LogP contribution is 2.33. The molecule has 3 N–H and O–H groups in total. The second-order valence-electron chi connectivity index (χ2n) is 4.67. The van der Waals surface area contributed by atoms with Crippen LogP contribution in [0.25, 0.3) is 22.0 Å². The van der Waals surface area contributed by atoms with Gasteiger partial charge >= 0.3 is 0 Å². The van der Waals surface area contributed by atoms with E-state index in [4.69, 9.17) is 15.3 Å². The van der Waals surface area contributed by atoms with Gasteiger partial charge in [0.1, 0.15) is 6.33 Å². The Balaban J connectivity index is 2.14. The van der Waals surface area contributed by atoms with Gasteiger partial charge in [-0.2, -0.15) is 0 Å². The minimum atomic E-state index is 0.590. The zero-order valence-electron chi connectivity index (χ0n) is 12.3. The first-order valence-corrected chi connectivity index (χ1v) is 6.70. The summed E-state index contributed by atoms with van der Waals surface area (Å²) < 4.78 is 10.6. The number of benzene rings is 2. The number of rotatable bonds is 4. The van der Waals surface area contributed by atoms with Gasteiger partial charge in [0, 0.05) is 5.39 Å². The molecule has 0 spiro atoms. The van der Waals surface area contributed by atoms with Gasteiger partial charge in [-0.1, -0.05) is 12.1 Å². The van der Waals surface area contributed by atoms with Crippen molar-refractivity contribution in [2.75, 3.05) is 19.6 Å². The molecule has 6 heteroatoms. The summed E-state index contributed by atoms with van der Waals surface area (Å²) in [5.74, 6) is 7.48. The van der Waals surface area contributed by atoms with Gasteiger partial charge in [-0.25, -0.2) is 15.8 Å². The van der Waals surface area contributed by atoms with E-state index in [0.717, 1.165) is 22.0 Å². The minimum Gasteiger partial charge on any atom is -0.493 e. The quantitative estimate of drug-likeness (QED) is 0.569. The fourth-order valence-corrected chi connectivity index (χ4v) is 2.37. The smallest absolute Gasteiger partial charge is 0.161 e. The maximum absolute atomic E-state index is 5.51. The normalized spacial score (nSPS) is 10.5. The molecule has 0 saturated heterocycles. The summed E-state index contributed by atoms with van der Waals surface area (Å²) in [6, 6.07) is 11.7. The van der Waals surface area contributed by atoms with Gasteiger partial charge in [0.25, 0.3) is 0 Å². The molecule has 0 unspecified atom stereocenters. The Morgan fingerprint density at radius 2 is 1.64 bits per heavy atom. The van der Waals surface area contributed by atoms with Crippen molar-refractivity contribution in [2.45, 2.75) is 0 Å². The molecule has 1 aromatic heterocycles. The molecule has 0 aliphatic heterocycles. The summed E-state index contributed by atoms with van der Waals surface area (Å²) in [5, 5.41) is 0.859. The van der Waals surface area contributed by atoms with Crippen LogP contribution in [0.15, 0.2) is 42.7 Å². The van der Waals surface area contributed by atoms with Crippen LogP contribution in [-0.2, 0) is 0 Å². The first-order valence-electron chi connectivity index (χ1n) is 6.70. The largest absolute Gasteiger partial charge is 0.493 e. The summed E-state index contributed by atoms with van der Waals surface area (Å²) in [7, 11) is 3.23. The van der Waals surface area contributed by atoms with E-state index < -0.39 is 0 Å². The number of nitrogens with one attached hydrogen (secondary N) is 1. The first kappa shape index (κ1) is 14.1. The lowest BCUT2D eigenvalue weighted by molar-refractivity contribution is 0.355. The molecule has 3 aromatic rings. The molecule has 2 aromatic carbocycles. The Morgan fingerprint density at radius 1 is 0.909 bits per heavy atom. The van der Waals surface area contributed by atoms with Crippen molar-refractivity contribution in [2.24, 2.45) is 5.84 Å². The maximum atomic E-state index is 5.51. The number of nitrogens with two attached hydrogens (primary N) is 1. The second-order valence-corrected chi connectivity index (χ2v) is 4.67. The van der Waals surface area contributed by atoms with Gasteiger partial charge in [-0.3, -0.25) is 0 Å². The third-order valence-electron chi connectivity index (χ3n) is 3.49.